The van der Waals surface area contributed by atoms with Crippen molar-refractivity contribution < 1.29 is 9.59 Å². The summed E-state index contributed by atoms with van der Waals surface area (Å²) in [6.07, 6.45) is 7.90. The van der Waals surface area contributed by atoms with Crippen LogP contribution in [-0.4, -0.2) is 23.0 Å². The second kappa shape index (κ2) is 9.91. The Morgan fingerprint density at radius 3 is 2.46 bits per heavy atom. The zero-order valence-electron chi connectivity index (χ0n) is 15.2. The number of hydrazine groups is 1. The number of thiocarbonyl (C=S) groups is 1. The van der Waals surface area contributed by atoms with Gasteiger partial charge in [0.25, 0.3) is 5.91 Å². The van der Waals surface area contributed by atoms with Gasteiger partial charge in [0.15, 0.2) is 5.11 Å². The fourth-order valence-corrected chi connectivity index (χ4v) is 3.15. The minimum Gasteiger partial charge on any atom is -0.358 e. The van der Waals surface area contributed by atoms with Crippen LogP contribution in [0.4, 0.5) is 5.69 Å². The molecule has 1 aliphatic rings. The van der Waals surface area contributed by atoms with E-state index in [0.29, 0.717) is 22.8 Å². The van der Waals surface area contributed by atoms with Crippen LogP contribution in [-0.2, 0) is 9.59 Å². The van der Waals surface area contributed by atoms with Gasteiger partial charge in [0.2, 0.25) is 5.91 Å². The van der Waals surface area contributed by atoms with Crippen LogP contribution in [0.5, 0.6) is 0 Å². The SMILES string of the molecule is CC(=O)Nc1ccc(/C=C/C(=O)NNC(=S)NC2CCCCC2C)cc1. The largest absolute Gasteiger partial charge is 0.358 e. The van der Waals surface area contributed by atoms with Crippen molar-refractivity contribution in [3.63, 3.8) is 0 Å². The Labute approximate surface area is 159 Å². The highest BCUT2D eigenvalue weighted by molar-refractivity contribution is 7.80. The van der Waals surface area contributed by atoms with Crippen molar-refractivity contribution in [2.45, 2.75) is 45.6 Å². The average Bonchev–Trinajstić information content (AvgIpc) is 2.61. The van der Waals surface area contributed by atoms with Gasteiger partial charge in [-0.3, -0.25) is 20.4 Å². The van der Waals surface area contributed by atoms with Crippen molar-refractivity contribution in [2.75, 3.05) is 5.32 Å². The van der Waals surface area contributed by atoms with E-state index >= 15 is 0 Å². The Bertz CT molecular complexity index is 673. The molecule has 1 aliphatic carbocycles. The van der Waals surface area contributed by atoms with Crippen molar-refractivity contribution in [1.82, 2.24) is 16.2 Å². The quantitative estimate of drug-likeness (QED) is 0.370. The molecular weight excluding hydrogens is 348 g/mol. The first-order valence-corrected chi connectivity index (χ1v) is 9.27. The van der Waals surface area contributed by atoms with Gasteiger partial charge < -0.3 is 10.6 Å². The molecular formula is C19H26N4O2S. The van der Waals surface area contributed by atoms with Gasteiger partial charge in [-0.05, 0) is 54.7 Å². The molecule has 6 nitrogen and oxygen atoms in total. The highest BCUT2D eigenvalue weighted by Crippen LogP contribution is 2.23. The minimum atomic E-state index is -0.295. The summed E-state index contributed by atoms with van der Waals surface area (Å²) in [5, 5.41) is 6.39. The lowest BCUT2D eigenvalue weighted by Gasteiger charge is -2.30. The van der Waals surface area contributed by atoms with E-state index in [1.165, 1.54) is 32.3 Å². The summed E-state index contributed by atoms with van der Waals surface area (Å²) in [4.78, 5) is 22.9. The lowest BCUT2D eigenvalue weighted by Crippen LogP contribution is -2.51. The van der Waals surface area contributed by atoms with Gasteiger partial charge in [-0.2, -0.15) is 0 Å². The van der Waals surface area contributed by atoms with Crippen LogP contribution in [0.2, 0.25) is 0 Å². The Kier molecular flexibility index (Phi) is 7.59. The van der Waals surface area contributed by atoms with Gasteiger partial charge in [0, 0.05) is 24.7 Å². The Hall–Kier alpha value is -2.41. The molecule has 1 saturated carbocycles. The molecule has 0 radical (unpaired) electrons. The highest BCUT2D eigenvalue weighted by atomic mass is 32.1. The second-order valence-electron chi connectivity index (χ2n) is 6.59. The molecule has 1 aromatic rings. The first kappa shape index (κ1) is 19.9. The lowest BCUT2D eigenvalue weighted by atomic mass is 9.86. The maximum Gasteiger partial charge on any atom is 0.262 e. The van der Waals surface area contributed by atoms with Crippen LogP contribution in [0, 0.1) is 5.92 Å². The number of hydrogen-bond acceptors (Lipinski definition) is 3. The maximum atomic E-state index is 11.9. The van der Waals surface area contributed by atoms with Gasteiger partial charge in [-0.1, -0.05) is 31.9 Å². The van der Waals surface area contributed by atoms with Gasteiger partial charge in [0.1, 0.15) is 0 Å². The number of carbonyl (C=O) groups is 2. The third-order valence-electron chi connectivity index (χ3n) is 4.39. The lowest BCUT2D eigenvalue weighted by molar-refractivity contribution is -0.117. The summed E-state index contributed by atoms with van der Waals surface area (Å²) < 4.78 is 0. The van der Waals surface area contributed by atoms with Crippen LogP contribution >= 0.6 is 12.2 Å². The molecule has 140 valence electrons. The molecule has 2 rings (SSSR count). The van der Waals surface area contributed by atoms with Crippen LogP contribution in [0.15, 0.2) is 30.3 Å². The zero-order chi connectivity index (χ0) is 18.9. The second-order valence-corrected chi connectivity index (χ2v) is 7.00. The average molecular weight is 375 g/mol. The van der Waals surface area contributed by atoms with Crippen molar-refractivity contribution in [2.24, 2.45) is 5.92 Å². The van der Waals surface area contributed by atoms with Crippen molar-refractivity contribution in [3.8, 4) is 0 Å². The molecule has 0 aliphatic heterocycles. The van der Waals surface area contributed by atoms with E-state index in [0.717, 1.165) is 12.0 Å². The fraction of sp³-hybridized carbons (Fsp3) is 0.421. The smallest absolute Gasteiger partial charge is 0.262 e. The third kappa shape index (κ3) is 6.84. The summed E-state index contributed by atoms with van der Waals surface area (Å²) in [5.41, 5.74) is 6.87. The molecule has 0 aromatic heterocycles. The predicted octanol–water partition coefficient (Wildman–Crippen LogP) is 2.73. The molecule has 2 amide bonds. The first-order chi connectivity index (χ1) is 12.4. The van der Waals surface area contributed by atoms with E-state index in [2.05, 4.69) is 28.4 Å². The van der Waals surface area contributed by atoms with Crippen molar-refractivity contribution in [1.29, 1.82) is 0 Å². The zero-order valence-corrected chi connectivity index (χ0v) is 16.0. The number of amides is 2. The summed E-state index contributed by atoms with van der Waals surface area (Å²) in [7, 11) is 0. The molecule has 0 bridgehead atoms. The molecule has 0 spiro atoms. The molecule has 1 fully saturated rings. The molecule has 2 unspecified atom stereocenters. The third-order valence-corrected chi connectivity index (χ3v) is 4.61. The summed E-state index contributed by atoms with van der Waals surface area (Å²) in [5.74, 6) is 0.169. The van der Waals surface area contributed by atoms with Gasteiger partial charge in [-0.25, -0.2) is 0 Å². The Morgan fingerprint density at radius 1 is 1.12 bits per heavy atom. The normalized spacial score (nSPS) is 19.6. The fourth-order valence-electron chi connectivity index (χ4n) is 2.95. The topological polar surface area (TPSA) is 82.3 Å². The van der Waals surface area contributed by atoms with Gasteiger partial charge in [-0.15, -0.1) is 0 Å². The van der Waals surface area contributed by atoms with Crippen molar-refractivity contribution in [3.05, 3.63) is 35.9 Å². The monoisotopic (exact) mass is 374 g/mol. The number of nitrogens with one attached hydrogen (secondary N) is 4. The van der Waals surface area contributed by atoms with E-state index in [4.69, 9.17) is 12.2 Å². The van der Waals surface area contributed by atoms with Crippen LogP contribution in [0.1, 0.15) is 45.1 Å². The molecule has 2 atom stereocenters. The van der Waals surface area contributed by atoms with Crippen molar-refractivity contribution >= 4 is 40.9 Å². The summed E-state index contributed by atoms with van der Waals surface area (Å²) in [6.45, 7) is 3.68. The number of rotatable bonds is 4. The molecule has 26 heavy (non-hydrogen) atoms. The molecule has 1 aromatic carbocycles. The highest BCUT2D eigenvalue weighted by Gasteiger charge is 2.21. The summed E-state index contributed by atoms with van der Waals surface area (Å²) in [6, 6.07) is 7.56. The van der Waals surface area contributed by atoms with Gasteiger partial charge >= 0.3 is 0 Å². The number of carbonyl (C=O) groups excluding carboxylic acids is 2. The Morgan fingerprint density at radius 2 is 1.81 bits per heavy atom. The maximum absolute atomic E-state index is 11.9. The predicted molar refractivity (Wildman–Crippen MR) is 108 cm³/mol. The first-order valence-electron chi connectivity index (χ1n) is 8.86. The van der Waals surface area contributed by atoms with E-state index < -0.39 is 0 Å². The summed E-state index contributed by atoms with van der Waals surface area (Å²) >= 11 is 5.24. The van der Waals surface area contributed by atoms with E-state index in [-0.39, 0.29) is 11.8 Å². The van der Waals surface area contributed by atoms with E-state index in [1.54, 1.807) is 18.2 Å². The molecule has 0 saturated heterocycles. The van der Waals surface area contributed by atoms with Crippen LogP contribution < -0.4 is 21.5 Å². The van der Waals surface area contributed by atoms with Crippen LogP contribution in [0.3, 0.4) is 0 Å². The van der Waals surface area contributed by atoms with E-state index in [9.17, 15) is 9.59 Å². The van der Waals surface area contributed by atoms with Gasteiger partial charge in [0.05, 0.1) is 0 Å². The molecule has 4 N–H and O–H groups in total. The minimum absolute atomic E-state index is 0.119. The molecule has 7 heteroatoms. The Balaban J connectivity index is 1.74. The molecule has 0 heterocycles. The van der Waals surface area contributed by atoms with Crippen LogP contribution in [0.25, 0.3) is 6.08 Å². The number of benzene rings is 1. The number of hydrogen-bond donors (Lipinski definition) is 4. The number of anilines is 1. The van der Waals surface area contributed by atoms with E-state index in [1.807, 2.05) is 12.1 Å². The standard InChI is InChI=1S/C19H26N4O2S/c1-13-5-3-4-6-17(13)21-19(26)23-22-18(25)12-9-15-7-10-16(11-8-15)20-14(2)24/h7-13,17H,3-6H2,1-2H3,(H,20,24)(H,22,25)(H2,21,23,26)/b12-9+.